The Morgan fingerprint density at radius 1 is 0.773 bits per heavy atom. The van der Waals surface area contributed by atoms with Crippen LogP contribution in [0.25, 0.3) is 0 Å². The molecule has 3 atom stereocenters. The van der Waals surface area contributed by atoms with Crippen LogP contribution in [-0.2, 0) is 39.7 Å². The highest BCUT2D eigenvalue weighted by Crippen LogP contribution is 2.43. The van der Waals surface area contributed by atoms with Gasteiger partial charge in [-0.2, -0.15) is 26.3 Å². The van der Waals surface area contributed by atoms with Gasteiger partial charge in [0.25, 0.3) is 0 Å². The molecule has 0 spiro atoms. The third-order valence-corrected chi connectivity index (χ3v) is 8.01. The molecule has 3 fully saturated rings. The maximum absolute atomic E-state index is 13.4. The van der Waals surface area contributed by atoms with Crippen molar-refractivity contribution in [3.8, 4) is 0 Å². The highest BCUT2D eigenvalue weighted by Gasteiger charge is 2.47. The van der Waals surface area contributed by atoms with Crippen LogP contribution in [0.15, 0.2) is 78.9 Å². The Hall–Kier alpha value is -3.90. The first-order valence-corrected chi connectivity index (χ1v) is 13.9. The van der Waals surface area contributed by atoms with Crippen LogP contribution in [0, 0.1) is 5.92 Å². The van der Waals surface area contributed by atoms with Crippen LogP contribution in [0.5, 0.6) is 0 Å². The maximum Gasteiger partial charge on any atom is 0.416 e. The Morgan fingerprint density at radius 3 is 1.75 bits per heavy atom. The zero-order valence-electron chi connectivity index (χ0n) is 23.4. The minimum Gasteiger partial charge on any atom is -0.473 e. The molecule has 3 saturated heterocycles. The number of aliphatic carboxylic acids is 2. The summed E-state index contributed by atoms with van der Waals surface area (Å²) in [4.78, 5) is 20.6. The summed E-state index contributed by atoms with van der Waals surface area (Å²) in [6.07, 6.45) is -7.55. The van der Waals surface area contributed by atoms with Gasteiger partial charge in [-0.25, -0.2) is 9.59 Å². The van der Waals surface area contributed by atoms with E-state index in [1.807, 2.05) is 36.4 Å². The molecule has 0 aromatic heterocycles. The summed E-state index contributed by atoms with van der Waals surface area (Å²) in [6.45, 7) is 1.48. The second-order valence-electron chi connectivity index (χ2n) is 10.9. The molecule has 0 amide bonds. The summed E-state index contributed by atoms with van der Waals surface area (Å²) >= 11 is 0. The summed E-state index contributed by atoms with van der Waals surface area (Å²) < 4.78 is 86.7. The molecular weight excluding hydrogens is 592 g/mol. The van der Waals surface area contributed by atoms with Crippen LogP contribution < -0.4 is 0 Å². The van der Waals surface area contributed by atoms with Gasteiger partial charge in [0.05, 0.1) is 23.8 Å². The molecule has 3 aromatic carbocycles. The number of hydrogen-bond acceptors (Lipinski definition) is 4. The molecule has 2 N–H and O–H groups in total. The quantitative estimate of drug-likeness (QED) is 0.220. The number of hydrogen-bond donors (Lipinski definition) is 2. The van der Waals surface area contributed by atoms with E-state index in [1.165, 1.54) is 0 Å². The largest absolute Gasteiger partial charge is 0.473 e. The third-order valence-electron chi connectivity index (χ3n) is 8.01. The van der Waals surface area contributed by atoms with Gasteiger partial charge in [0, 0.05) is 12.0 Å². The lowest BCUT2D eigenvalue weighted by molar-refractivity contribution is -0.159. The van der Waals surface area contributed by atoms with E-state index in [1.54, 1.807) is 0 Å². The molecule has 2 bridgehead atoms. The van der Waals surface area contributed by atoms with Crippen molar-refractivity contribution >= 4 is 11.9 Å². The van der Waals surface area contributed by atoms with Gasteiger partial charge in [0.1, 0.15) is 0 Å². The number of rotatable bonds is 7. The molecule has 3 aliphatic heterocycles. The fraction of sp³-hybridized carbons (Fsp3) is 0.375. The molecule has 0 saturated carbocycles. The lowest BCUT2D eigenvalue weighted by Gasteiger charge is -2.53. The fourth-order valence-corrected chi connectivity index (χ4v) is 6.05. The van der Waals surface area contributed by atoms with Crippen molar-refractivity contribution in [2.45, 2.75) is 56.3 Å². The van der Waals surface area contributed by atoms with E-state index >= 15 is 0 Å². The second kappa shape index (κ2) is 13.8. The van der Waals surface area contributed by atoms with Gasteiger partial charge < -0.3 is 14.9 Å². The predicted molar refractivity (Wildman–Crippen MR) is 148 cm³/mol. The molecule has 6 rings (SSSR count). The number of ether oxygens (including phenoxy) is 1. The number of carboxylic acid groups (broad SMARTS) is 2. The van der Waals surface area contributed by atoms with Crippen molar-refractivity contribution in [2.24, 2.45) is 5.92 Å². The van der Waals surface area contributed by atoms with Gasteiger partial charge in [-0.15, -0.1) is 0 Å². The predicted octanol–water partition coefficient (Wildman–Crippen LogP) is 6.89. The van der Waals surface area contributed by atoms with Gasteiger partial charge in [-0.1, -0.05) is 60.7 Å². The van der Waals surface area contributed by atoms with Gasteiger partial charge in [-0.05, 0) is 73.2 Å². The van der Waals surface area contributed by atoms with Crippen LogP contribution in [0.4, 0.5) is 26.3 Å². The second-order valence-corrected chi connectivity index (χ2v) is 10.9. The zero-order chi connectivity index (χ0) is 32.1. The molecule has 236 valence electrons. The minimum absolute atomic E-state index is 0.0435. The smallest absolute Gasteiger partial charge is 0.416 e. The first kappa shape index (κ1) is 33.0. The lowest BCUT2D eigenvalue weighted by atomic mass is 9.72. The molecule has 3 aliphatic rings. The monoisotopic (exact) mass is 623 g/mol. The summed E-state index contributed by atoms with van der Waals surface area (Å²) in [6, 6.07) is 21.8. The van der Waals surface area contributed by atoms with Crippen LogP contribution in [-0.4, -0.2) is 52.3 Å². The Bertz CT molecular complexity index is 1360. The number of nitrogens with zero attached hydrogens (tertiary/aromatic N) is 1. The standard InChI is InChI=1S/C30H29F6NO.C2H2O4/c31-29(32,33)24-15-21(16-25(18-24)30(34,35)36)19-38-28-23-11-13-37(14-12-23)27(28)26(22-9-5-2-6-10-22)17-20-7-3-1-4-8-20;3-1(4)2(5)6/h1-10,15-16,18,23,26-28H,11-14,17,19H2;(H,3,4)(H,5,6). The number of piperidine rings is 3. The Kier molecular flexibility index (Phi) is 10.4. The van der Waals surface area contributed by atoms with Crippen molar-refractivity contribution in [3.63, 3.8) is 0 Å². The Morgan fingerprint density at radius 2 is 1.27 bits per heavy atom. The molecule has 12 heteroatoms. The van der Waals surface area contributed by atoms with E-state index in [0.29, 0.717) is 0 Å². The average Bonchev–Trinajstić information content (AvgIpc) is 2.99. The fourth-order valence-electron chi connectivity index (χ4n) is 6.05. The zero-order valence-corrected chi connectivity index (χ0v) is 23.4. The number of carbonyl (C=O) groups is 2. The van der Waals surface area contributed by atoms with Gasteiger partial charge in [0.15, 0.2) is 0 Å². The van der Waals surface area contributed by atoms with Crippen molar-refractivity contribution in [3.05, 3.63) is 107 Å². The van der Waals surface area contributed by atoms with E-state index in [9.17, 15) is 26.3 Å². The topological polar surface area (TPSA) is 87.1 Å². The molecular formula is C32H31F6NO5. The normalized spacial score (nSPS) is 22.0. The first-order chi connectivity index (χ1) is 20.7. The highest BCUT2D eigenvalue weighted by molar-refractivity contribution is 6.27. The number of alkyl halides is 6. The van der Waals surface area contributed by atoms with E-state index in [2.05, 4.69) is 29.2 Å². The Labute approximate surface area is 249 Å². The lowest BCUT2D eigenvalue weighted by Crippen LogP contribution is -2.61. The number of halogens is 6. The van der Waals surface area contributed by atoms with Crippen molar-refractivity contribution in [1.82, 2.24) is 4.90 Å². The van der Waals surface area contributed by atoms with E-state index in [-0.39, 0.29) is 42.2 Å². The first-order valence-electron chi connectivity index (χ1n) is 13.9. The minimum atomic E-state index is -4.89. The SMILES string of the molecule is FC(F)(F)c1cc(COC2C3CCN(CC3)C2C(Cc2ccccc2)c2ccccc2)cc(C(F)(F)F)c1.O=C(O)C(=O)O. The summed E-state index contributed by atoms with van der Waals surface area (Å²) in [5.41, 5.74) is -0.455. The molecule has 0 aliphatic carbocycles. The summed E-state index contributed by atoms with van der Waals surface area (Å²) in [5, 5.41) is 14.8. The van der Waals surface area contributed by atoms with Crippen molar-refractivity contribution < 1.29 is 50.9 Å². The van der Waals surface area contributed by atoms with Gasteiger partial charge in [0.2, 0.25) is 0 Å². The summed E-state index contributed by atoms with van der Waals surface area (Å²) in [5.74, 6) is -3.40. The van der Waals surface area contributed by atoms with Crippen LogP contribution in [0.3, 0.4) is 0 Å². The van der Waals surface area contributed by atoms with E-state index in [0.717, 1.165) is 55.6 Å². The van der Waals surface area contributed by atoms with E-state index < -0.39 is 35.4 Å². The van der Waals surface area contributed by atoms with Crippen molar-refractivity contribution in [1.29, 1.82) is 0 Å². The van der Waals surface area contributed by atoms with Gasteiger partial charge >= 0.3 is 24.3 Å². The molecule has 3 aromatic rings. The number of carboxylic acids is 2. The molecule has 6 nitrogen and oxygen atoms in total. The third kappa shape index (κ3) is 8.38. The molecule has 3 unspecified atom stereocenters. The van der Waals surface area contributed by atoms with Crippen LogP contribution >= 0.6 is 0 Å². The van der Waals surface area contributed by atoms with Crippen LogP contribution in [0.2, 0.25) is 0 Å². The molecule has 3 heterocycles. The number of fused-ring (bicyclic) bond motifs is 3. The molecule has 44 heavy (non-hydrogen) atoms. The molecule has 0 radical (unpaired) electrons. The van der Waals surface area contributed by atoms with Gasteiger partial charge in [-0.3, -0.25) is 4.90 Å². The maximum atomic E-state index is 13.4. The number of benzene rings is 3. The Balaban J connectivity index is 0.000000670. The average molecular weight is 624 g/mol. The highest BCUT2D eigenvalue weighted by atomic mass is 19.4. The van der Waals surface area contributed by atoms with Crippen molar-refractivity contribution in [2.75, 3.05) is 13.1 Å². The van der Waals surface area contributed by atoms with E-state index in [4.69, 9.17) is 24.5 Å². The summed E-state index contributed by atoms with van der Waals surface area (Å²) in [7, 11) is 0. The van der Waals surface area contributed by atoms with Crippen LogP contribution in [0.1, 0.15) is 46.6 Å².